The number of halogens is 3. The van der Waals surface area contributed by atoms with Gasteiger partial charge in [0.25, 0.3) is 5.22 Å². The number of hydrogen-bond acceptors (Lipinski definition) is 8. The van der Waals surface area contributed by atoms with E-state index in [4.69, 9.17) is 18.9 Å². The number of oxazole rings is 1. The zero-order chi connectivity index (χ0) is 37.8. The summed E-state index contributed by atoms with van der Waals surface area (Å²) in [7, 11) is 0. The second-order valence-electron chi connectivity index (χ2n) is 13.3. The molecule has 54 heavy (non-hydrogen) atoms. The van der Waals surface area contributed by atoms with E-state index >= 15 is 0 Å². The number of alkyl halides is 3. The molecule has 4 aromatic carbocycles. The lowest BCUT2D eigenvalue weighted by Crippen LogP contribution is -2.48. The molecule has 5 aromatic rings. The Labute approximate surface area is 314 Å². The molecule has 3 heterocycles. The third kappa shape index (κ3) is 8.24. The van der Waals surface area contributed by atoms with Crippen LogP contribution in [0.2, 0.25) is 0 Å². The van der Waals surface area contributed by atoms with Crippen molar-refractivity contribution >= 4 is 29.3 Å². The molecule has 1 aromatic heterocycles. The fraction of sp³-hybridized carbons (Fsp3) is 0.293. The molecule has 13 heteroatoms. The van der Waals surface area contributed by atoms with Gasteiger partial charge in [-0.3, -0.25) is 9.59 Å². The number of thioether (sulfide) groups is 1. The van der Waals surface area contributed by atoms with Crippen molar-refractivity contribution < 1.29 is 41.8 Å². The molecule has 0 spiro atoms. The summed E-state index contributed by atoms with van der Waals surface area (Å²) in [4.78, 5) is 30.4. The summed E-state index contributed by atoms with van der Waals surface area (Å²) < 4.78 is 58.9. The van der Waals surface area contributed by atoms with Crippen LogP contribution in [-0.4, -0.2) is 57.4 Å². The van der Waals surface area contributed by atoms with Gasteiger partial charge in [-0.1, -0.05) is 116 Å². The number of carbonyl (C=O) groups is 2. The topological polar surface area (TPSA) is 114 Å². The highest BCUT2D eigenvalue weighted by atomic mass is 32.2. The third-order valence-electron chi connectivity index (χ3n) is 9.69. The maximum atomic E-state index is 13.1. The molecule has 2 aliphatic rings. The lowest BCUT2D eigenvalue weighted by Gasteiger charge is -2.41. The zero-order valence-electron chi connectivity index (χ0n) is 29.2. The van der Waals surface area contributed by atoms with E-state index in [-0.39, 0.29) is 37.7 Å². The molecule has 2 aliphatic heterocycles. The molecule has 5 unspecified atom stereocenters. The highest BCUT2D eigenvalue weighted by Crippen LogP contribution is 2.44. The number of anilines is 1. The monoisotopic (exact) mass is 757 g/mol. The number of amides is 2. The Balaban J connectivity index is 1.10. The molecule has 9 nitrogen and oxygen atoms in total. The van der Waals surface area contributed by atoms with E-state index in [0.717, 1.165) is 27.9 Å². The predicted molar refractivity (Wildman–Crippen MR) is 197 cm³/mol. The lowest BCUT2D eigenvalue weighted by atomic mass is 9.91. The minimum atomic E-state index is -5.05. The van der Waals surface area contributed by atoms with Gasteiger partial charge in [0.05, 0.1) is 18.8 Å². The normalized spacial score (nSPS) is 21.6. The summed E-state index contributed by atoms with van der Waals surface area (Å²) in [5.74, 6) is -1.65. The van der Waals surface area contributed by atoms with Crippen LogP contribution >= 0.6 is 11.8 Å². The minimum Gasteiger partial charge on any atom is -0.431 e. The van der Waals surface area contributed by atoms with Gasteiger partial charge in [0.2, 0.25) is 5.91 Å². The quantitative estimate of drug-likeness (QED) is 0.136. The van der Waals surface area contributed by atoms with Crippen molar-refractivity contribution in [2.24, 2.45) is 5.92 Å². The van der Waals surface area contributed by atoms with Crippen molar-refractivity contribution in [1.29, 1.82) is 0 Å². The Morgan fingerprint density at radius 1 is 0.889 bits per heavy atom. The van der Waals surface area contributed by atoms with Crippen LogP contribution < -0.4 is 5.32 Å². The molecule has 280 valence electrons. The number of rotatable bonds is 10. The Kier molecular flexibility index (Phi) is 11.2. The van der Waals surface area contributed by atoms with Crippen LogP contribution in [0.4, 0.5) is 18.9 Å². The number of aliphatic hydroxyl groups excluding tert-OH is 1. The first-order chi connectivity index (χ1) is 26.1. The van der Waals surface area contributed by atoms with E-state index in [1.807, 2.05) is 84.9 Å². The smallest absolute Gasteiger partial charge is 0.431 e. The summed E-state index contributed by atoms with van der Waals surface area (Å²) in [6, 6.07) is 32.8. The van der Waals surface area contributed by atoms with Crippen molar-refractivity contribution in [2.45, 2.75) is 62.3 Å². The molecule has 2 amide bonds. The van der Waals surface area contributed by atoms with Gasteiger partial charge in [-0.25, -0.2) is 4.98 Å². The van der Waals surface area contributed by atoms with E-state index in [2.05, 4.69) is 12.2 Å². The number of nitrogens with zero attached hydrogens (tertiary/aromatic N) is 2. The van der Waals surface area contributed by atoms with Gasteiger partial charge in [-0.15, -0.1) is 0 Å². The predicted octanol–water partition coefficient (Wildman–Crippen LogP) is 8.58. The van der Waals surface area contributed by atoms with Gasteiger partial charge in [0.15, 0.2) is 12.1 Å². The third-order valence-corrected chi connectivity index (χ3v) is 10.6. The van der Waals surface area contributed by atoms with Crippen LogP contribution in [0.3, 0.4) is 0 Å². The van der Waals surface area contributed by atoms with E-state index in [1.54, 1.807) is 24.3 Å². The van der Waals surface area contributed by atoms with E-state index in [9.17, 15) is 27.9 Å². The molecule has 2 N–H and O–H groups in total. The van der Waals surface area contributed by atoms with Gasteiger partial charge in [-0.2, -0.15) is 13.2 Å². The molecule has 0 bridgehead atoms. The van der Waals surface area contributed by atoms with Gasteiger partial charge < -0.3 is 29.2 Å². The maximum absolute atomic E-state index is 13.1. The number of ether oxygens (including phenoxy) is 2. The molecule has 5 atom stereocenters. The number of aromatic nitrogens is 1. The molecular weight excluding hydrogens is 720 g/mol. The summed E-state index contributed by atoms with van der Waals surface area (Å²) >= 11 is 1.44. The number of aliphatic hydroxyl groups is 1. The average molecular weight is 758 g/mol. The zero-order valence-corrected chi connectivity index (χ0v) is 30.1. The first-order valence-corrected chi connectivity index (χ1v) is 18.6. The number of hydrogen-bond donors (Lipinski definition) is 2. The Morgan fingerprint density at radius 3 is 2.19 bits per heavy atom. The largest absolute Gasteiger partial charge is 0.471 e. The molecule has 2 fully saturated rings. The fourth-order valence-corrected chi connectivity index (χ4v) is 7.78. The number of carbonyl (C=O) groups excluding carboxylic acids is 2. The van der Waals surface area contributed by atoms with Crippen LogP contribution in [0.1, 0.15) is 48.8 Å². The fourth-order valence-electron chi connectivity index (χ4n) is 6.80. The first kappa shape index (κ1) is 37.4. The molecule has 0 radical (unpaired) electrons. The summed E-state index contributed by atoms with van der Waals surface area (Å²) in [6.07, 6.45) is -6.13. The second kappa shape index (κ2) is 16.2. The molecule has 0 saturated carbocycles. The highest BCUT2D eigenvalue weighted by Gasteiger charge is 2.47. The van der Waals surface area contributed by atoms with E-state index in [0.29, 0.717) is 39.3 Å². The summed E-state index contributed by atoms with van der Waals surface area (Å²) in [6.45, 7) is 1.84. The molecule has 2 saturated heterocycles. The van der Waals surface area contributed by atoms with Crippen molar-refractivity contribution in [3.63, 3.8) is 0 Å². The molecule has 0 aliphatic carbocycles. The number of likely N-dealkylation sites (tertiary alicyclic amines) is 1. The minimum absolute atomic E-state index is 0.0846. The highest BCUT2D eigenvalue weighted by molar-refractivity contribution is 7.99. The Bertz CT molecular complexity index is 1990. The van der Waals surface area contributed by atoms with Crippen LogP contribution in [0, 0.1) is 5.92 Å². The first-order valence-electron chi connectivity index (χ1n) is 17.6. The van der Waals surface area contributed by atoms with E-state index < -0.39 is 30.3 Å². The van der Waals surface area contributed by atoms with Crippen LogP contribution in [-0.2, 0) is 25.7 Å². The van der Waals surface area contributed by atoms with Gasteiger partial charge in [-0.05, 0) is 36.1 Å². The van der Waals surface area contributed by atoms with Crippen LogP contribution in [0.15, 0.2) is 119 Å². The van der Waals surface area contributed by atoms with Gasteiger partial charge in [0, 0.05) is 40.6 Å². The van der Waals surface area contributed by atoms with Crippen molar-refractivity contribution in [1.82, 2.24) is 9.88 Å². The van der Waals surface area contributed by atoms with Crippen molar-refractivity contribution in [2.75, 3.05) is 17.6 Å². The van der Waals surface area contributed by atoms with Crippen LogP contribution in [0.5, 0.6) is 0 Å². The Morgan fingerprint density at radius 2 is 1.54 bits per heavy atom. The molecule has 7 rings (SSSR count). The summed E-state index contributed by atoms with van der Waals surface area (Å²) in [5, 5.41) is 12.8. The molecular formula is C41H38F3N3O6S. The Hall–Kier alpha value is -4.95. The standard InChI is InChI=1S/C41H38F3N3O6S/c1-25-33(24-54-40-46-34(27-9-4-2-5-10-27)36(53-40)28-11-6-3-7-12-28)51-38(52-35(25)29-16-14-26(23-48)15-17-29)30-18-20-31(21-19-30)45-37(49)32-13-8-22-47(32)39(50)41(42,43)44/h2-7,9-12,14-21,25,32-33,35,38,48H,8,13,22-24H2,1H3,(H,45,49). The summed E-state index contributed by atoms with van der Waals surface area (Å²) in [5.41, 5.74) is 5.29. The van der Waals surface area contributed by atoms with Crippen molar-refractivity contribution in [3.05, 3.63) is 126 Å². The van der Waals surface area contributed by atoms with Gasteiger partial charge >= 0.3 is 12.1 Å². The van der Waals surface area contributed by atoms with Crippen molar-refractivity contribution in [3.8, 4) is 22.6 Å². The lowest BCUT2D eigenvalue weighted by molar-refractivity contribution is -0.268. The van der Waals surface area contributed by atoms with E-state index in [1.165, 1.54) is 11.8 Å². The number of benzene rings is 4. The maximum Gasteiger partial charge on any atom is 0.471 e. The average Bonchev–Trinajstić information content (AvgIpc) is 3.86. The second-order valence-corrected chi connectivity index (χ2v) is 14.3. The number of nitrogens with one attached hydrogen (secondary N) is 1. The van der Waals surface area contributed by atoms with Crippen LogP contribution in [0.25, 0.3) is 22.6 Å². The van der Waals surface area contributed by atoms with Gasteiger partial charge in [0.1, 0.15) is 11.7 Å². The SMILES string of the molecule is CC1C(CSc2nc(-c3ccccc3)c(-c3ccccc3)o2)OC(c2ccc(NC(=O)C3CCCN3C(=O)C(F)(F)F)cc2)OC1c1ccc(CO)cc1.